The summed E-state index contributed by atoms with van der Waals surface area (Å²) in [5, 5.41) is 20.1. The number of epoxide rings is 1. The van der Waals surface area contributed by atoms with Crippen molar-refractivity contribution in [1.82, 2.24) is 25.1 Å². The summed E-state index contributed by atoms with van der Waals surface area (Å²) in [6.45, 7) is 6.10. The van der Waals surface area contributed by atoms with Gasteiger partial charge in [-0.2, -0.15) is 0 Å². The van der Waals surface area contributed by atoms with Crippen molar-refractivity contribution in [3.63, 3.8) is 0 Å². The number of nitrogens with zero attached hydrogens (tertiary/aromatic N) is 5. The lowest BCUT2D eigenvalue weighted by molar-refractivity contribution is -0.196. The number of alkyl carbamates (subject to hydrolysis) is 1. The minimum Gasteiger partial charge on any atom is -0.495 e. The molecule has 2 aromatic carbocycles. The number of anilines is 3. The number of hydroxylamine groups is 2. The molecule has 1 aliphatic carbocycles. The maximum Gasteiger partial charge on any atom is 0.412 e. The fourth-order valence-electron chi connectivity index (χ4n) is 10.9. The first-order chi connectivity index (χ1) is 43.6. The standard InChI is InChI=1S/C63H83ClN8O19S/c1-37-17-16-20-48(85-10)63(83)34-47(88-59(80)67-63)38(2)56-62(4,90-56)49(33-53(76)71(8)45-31-41(29-37)32-46(84-9)55(45)64)89-57(78)39(3)70(7)50(73)25-28-92-61(82)69(6)27-26-68(5)60(81)86-36-40-21-22-43(66-58(79)87-42-18-14-12-11-13-15-19-42)44(30-40)65-35-54(77)91-72-51(74)23-24-52(72)75/h14,16-18,20-22,30-32,38-39,42,47-49,56,65,83H,11-13,15,19,23-29,33-36H2,1-10H3,(H,66,79)(H,67,80)/b18-14+,20-16+,37-17+/t38-,39+,42?,47+,48-,49+,56+,62?,63+/m1/s1. The Morgan fingerprint density at radius 2 is 1.67 bits per heavy atom. The van der Waals surface area contributed by atoms with E-state index in [9.17, 15) is 53.1 Å². The summed E-state index contributed by atoms with van der Waals surface area (Å²) in [5.41, 5.74) is -0.464. The second-order valence-electron chi connectivity index (χ2n) is 23.6. The largest absolute Gasteiger partial charge is 0.495 e. The number of likely N-dealkylation sites (N-methyl/N-ethyl adjacent to an activating group) is 3. The molecule has 2 aromatic rings. The van der Waals surface area contributed by atoms with Gasteiger partial charge in [-0.1, -0.05) is 72.7 Å². The monoisotopic (exact) mass is 1320 g/mol. The molecule has 3 fully saturated rings. The van der Waals surface area contributed by atoms with E-state index in [1.54, 1.807) is 44.2 Å². The zero-order chi connectivity index (χ0) is 67.2. The third-order valence-electron chi connectivity index (χ3n) is 16.7. The van der Waals surface area contributed by atoms with Crippen LogP contribution < -0.4 is 25.6 Å². The molecule has 27 nitrogen and oxygen atoms in total. The number of carbonyl (C=O) groups is 10. The van der Waals surface area contributed by atoms with Crippen LogP contribution in [-0.2, 0) is 75.1 Å². The molecule has 9 atom stereocenters. The minimum absolute atomic E-state index is 0.0202. The van der Waals surface area contributed by atoms with Crippen molar-refractivity contribution >= 4 is 99.5 Å². The zero-order valence-electron chi connectivity index (χ0n) is 53.4. The van der Waals surface area contributed by atoms with Gasteiger partial charge in [-0.15, -0.1) is 5.06 Å². The van der Waals surface area contributed by atoms with E-state index < -0.39 is 126 Å². The van der Waals surface area contributed by atoms with Gasteiger partial charge < -0.3 is 68.0 Å². The highest BCUT2D eigenvalue weighted by Gasteiger charge is 2.64. The highest BCUT2D eigenvalue weighted by atomic mass is 35.5. The van der Waals surface area contributed by atoms with Gasteiger partial charge in [-0.25, -0.2) is 24.0 Å². The van der Waals surface area contributed by atoms with Crippen LogP contribution in [0.2, 0.25) is 5.02 Å². The van der Waals surface area contributed by atoms with Gasteiger partial charge in [0, 0.05) is 85.7 Å². The van der Waals surface area contributed by atoms with Gasteiger partial charge in [0.1, 0.15) is 60.0 Å². The van der Waals surface area contributed by atoms with Crippen LogP contribution in [0.15, 0.2) is 66.3 Å². The average Bonchev–Trinajstić information content (AvgIpc) is 1.57. The van der Waals surface area contributed by atoms with E-state index in [4.69, 9.17) is 49.6 Å². The van der Waals surface area contributed by atoms with Crippen LogP contribution in [0.25, 0.3) is 0 Å². The quantitative estimate of drug-likeness (QED) is 0.0349. The molecule has 5 aliphatic rings. The van der Waals surface area contributed by atoms with Crippen LogP contribution >= 0.6 is 23.4 Å². The number of imide groups is 1. The van der Waals surface area contributed by atoms with Gasteiger partial charge in [-0.05, 0) is 94.3 Å². The summed E-state index contributed by atoms with van der Waals surface area (Å²) in [6, 6.07) is 6.93. The summed E-state index contributed by atoms with van der Waals surface area (Å²) in [4.78, 5) is 142. The highest BCUT2D eigenvalue weighted by Crippen LogP contribution is 2.49. The lowest BCUT2D eigenvalue weighted by Crippen LogP contribution is -2.63. The van der Waals surface area contributed by atoms with Gasteiger partial charge in [0.15, 0.2) is 5.72 Å². The van der Waals surface area contributed by atoms with Gasteiger partial charge in [-0.3, -0.25) is 34.6 Å². The SMILES string of the molecule is COc1cc2cc(c1Cl)N(C)C(=O)C[C@H](OC(=O)[C@H](C)N(C)C(=O)CCSC(=O)N(C)CCN(C)C(=O)OCc1ccc(NC(=O)OC3/C=C/CCCCC3)c(NCC(=O)ON3C(=O)CCC3=O)c1)C1(C)O[C@H]1[C@H](C)[C@@H]1C[C@@](O)(NC(=O)O1)[C@H](OC)/C=C/C=C(\C)C2. The van der Waals surface area contributed by atoms with Gasteiger partial charge in [0.2, 0.25) is 11.8 Å². The maximum absolute atomic E-state index is 14.4. The third-order valence-corrected chi connectivity index (χ3v) is 18.1. The van der Waals surface area contributed by atoms with Crippen molar-refractivity contribution in [2.75, 3.05) is 83.3 Å². The Labute approximate surface area is 543 Å². The number of rotatable bonds is 19. The first-order valence-electron chi connectivity index (χ1n) is 30.3. The van der Waals surface area contributed by atoms with Crippen LogP contribution in [0, 0.1) is 5.92 Å². The molecule has 502 valence electrons. The molecular weight excluding hydrogens is 1240 g/mol. The Balaban J connectivity index is 0.925. The number of halogens is 1. The van der Waals surface area contributed by atoms with Crippen molar-refractivity contribution in [1.29, 1.82) is 0 Å². The Hall–Kier alpha value is -7.92. The normalized spacial score (nSPS) is 25.7. The van der Waals surface area contributed by atoms with Crippen molar-refractivity contribution in [2.24, 2.45) is 5.92 Å². The Morgan fingerprint density at radius 1 is 0.946 bits per heavy atom. The number of ether oxygens (including phenoxy) is 7. The number of aliphatic hydroxyl groups is 1. The first-order valence-corrected chi connectivity index (χ1v) is 31.7. The number of nitrogens with one attached hydrogen (secondary N) is 3. The molecule has 92 heavy (non-hydrogen) atoms. The summed E-state index contributed by atoms with van der Waals surface area (Å²) >= 11 is 7.69. The fourth-order valence-corrected chi connectivity index (χ4v) is 11.9. The molecule has 3 saturated heterocycles. The predicted molar refractivity (Wildman–Crippen MR) is 337 cm³/mol. The molecule has 0 aromatic heterocycles. The Kier molecular flexibility index (Phi) is 24.9. The average molecular weight is 1320 g/mol. The van der Waals surface area contributed by atoms with Crippen LogP contribution in [0.4, 0.5) is 36.2 Å². The number of carbonyl (C=O) groups excluding carboxylic acids is 10. The van der Waals surface area contributed by atoms with E-state index in [-0.39, 0.29) is 67.5 Å². The van der Waals surface area contributed by atoms with Crippen molar-refractivity contribution in [3.05, 3.63) is 82.4 Å². The van der Waals surface area contributed by atoms with E-state index in [0.717, 1.165) is 48.6 Å². The number of thioether (sulfide) groups is 1. The van der Waals surface area contributed by atoms with Crippen molar-refractivity contribution < 1.29 is 91.0 Å². The molecule has 0 spiro atoms. The molecule has 4 aliphatic heterocycles. The van der Waals surface area contributed by atoms with E-state index >= 15 is 0 Å². The smallest absolute Gasteiger partial charge is 0.412 e. The van der Waals surface area contributed by atoms with Gasteiger partial charge >= 0.3 is 30.2 Å². The summed E-state index contributed by atoms with van der Waals surface area (Å²) in [5.74, 6) is -4.45. The number of amides is 8. The third kappa shape index (κ3) is 18.7. The number of fused-ring (bicyclic) bond motifs is 5. The van der Waals surface area contributed by atoms with Crippen LogP contribution in [0.5, 0.6) is 5.75 Å². The van der Waals surface area contributed by atoms with Crippen LogP contribution in [0.1, 0.15) is 103 Å². The molecule has 0 saturated carbocycles. The molecule has 8 amide bonds. The second kappa shape index (κ2) is 32.1. The number of esters is 1. The topological polar surface area (TPSA) is 320 Å². The molecule has 7 rings (SSSR count). The first kappa shape index (κ1) is 71.5. The Morgan fingerprint density at radius 3 is 2.39 bits per heavy atom. The fraction of sp³-hybridized carbons (Fsp3) is 0.556. The number of hydrogen-bond donors (Lipinski definition) is 4. The highest BCUT2D eigenvalue weighted by molar-refractivity contribution is 8.13. The van der Waals surface area contributed by atoms with E-state index in [1.165, 1.54) is 81.1 Å². The summed E-state index contributed by atoms with van der Waals surface area (Å²) in [6.07, 6.45) is 6.13. The summed E-state index contributed by atoms with van der Waals surface area (Å²) < 4.78 is 40.7. The van der Waals surface area contributed by atoms with E-state index in [0.29, 0.717) is 34.9 Å². The van der Waals surface area contributed by atoms with Gasteiger partial charge in [0.25, 0.3) is 17.1 Å². The second-order valence-corrected chi connectivity index (χ2v) is 25.0. The predicted octanol–water partition coefficient (Wildman–Crippen LogP) is 7.41. The Bertz CT molecular complexity index is 3190. The van der Waals surface area contributed by atoms with Crippen molar-refractivity contribution in [3.8, 4) is 5.75 Å². The molecular formula is C63H83ClN8O19S. The lowest BCUT2D eigenvalue weighted by atomic mass is 9.83. The zero-order valence-corrected chi connectivity index (χ0v) is 55.0. The molecule has 4 heterocycles. The number of allylic oxidation sites excluding steroid dienone is 4. The van der Waals surface area contributed by atoms with Gasteiger partial charge in [0.05, 0.1) is 36.7 Å². The van der Waals surface area contributed by atoms with E-state index in [2.05, 4.69) is 16.0 Å². The molecule has 0 radical (unpaired) electrons. The van der Waals surface area contributed by atoms with Crippen LogP contribution in [-0.4, -0.2) is 200 Å². The number of methoxy groups -OCH3 is 2. The lowest BCUT2D eigenvalue weighted by Gasteiger charge is -2.42. The number of benzene rings is 2. The van der Waals surface area contributed by atoms with E-state index in [1.807, 2.05) is 25.2 Å². The number of hydrogen-bond acceptors (Lipinski definition) is 21. The molecule has 29 heteroatoms. The molecule has 4 N–H and O–H groups in total. The molecule has 2 unspecified atom stereocenters. The van der Waals surface area contributed by atoms with Crippen LogP contribution in [0.3, 0.4) is 0 Å². The van der Waals surface area contributed by atoms with Crippen molar-refractivity contribution in [2.45, 2.75) is 153 Å². The molecule has 4 bridgehead atoms. The minimum atomic E-state index is -1.91. The summed E-state index contributed by atoms with van der Waals surface area (Å²) in [7, 11) is 8.79. The maximum atomic E-state index is 14.4.